The van der Waals surface area contributed by atoms with Gasteiger partial charge in [-0.15, -0.1) is 0 Å². The average molecular weight is 264 g/mol. The number of nitrogens with zero attached hydrogens (tertiary/aromatic N) is 1. The minimum atomic E-state index is -0.226. The Kier molecular flexibility index (Phi) is 6.97. The zero-order valence-electron chi connectivity index (χ0n) is 12.1. The molecule has 1 unspecified atom stereocenters. The molecule has 0 heterocycles. The number of likely N-dealkylation sites (N-methyl/N-ethyl adjacent to an activating group) is 1. The molecule has 0 aliphatic heterocycles. The van der Waals surface area contributed by atoms with Gasteiger partial charge < -0.3 is 15.0 Å². The normalized spacial score (nSPS) is 11.9. The fourth-order valence-electron chi connectivity index (χ4n) is 1.93. The maximum atomic E-state index is 11.8. The van der Waals surface area contributed by atoms with E-state index < -0.39 is 0 Å². The third-order valence-corrected chi connectivity index (χ3v) is 2.97. The molecule has 0 aliphatic rings. The van der Waals surface area contributed by atoms with Crippen LogP contribution in [-0.2, 0) is 9.53 Å². The van der Waals surface area contributed by atoms with Gasteiger partial charge in [-0.3, -0.25) is 4.79 Å². The molecule has 0 amide bonds. The molecule has 106 valence electrons. The highest BCUT2D eigenvalue weighted by molar-refractivity contribution is 5.75. The Labute approximate surface area is 115 Å². The van der Waals surface area contributed by atoms with Gasteiger partial charge in [0, 0.05) is 19.3 Å². The third-order valence-electron chi connectivity index (χ3n) is 2.97. The van der Waals surface area contributed by atoms with Crippen LogP contribution >= 0.6 is 0 Å². The standard InChI is InChI=1S/C15H24N2O2/c1-4-16-14(15(18)19-5-2)11-12-17(3)13-9-7-6-8-10-13/h6-10,14,16H,4-5,11-12H2,1-3H3. The van der Waals surface area contributed by atoms with Crippen LogP contribution in [0.3, 0.4) is 0 Å². The number of nitrogens with one attached hydrogen (secondary N) is 1. The van der Waals surface area contributed by atoms with Gasteiger partial charge in [0.05, 0.1) is 6.61 Å². The first-order valence-corrected chi connectivity index (χ1v) is 6.85. The van der Waals surface area contributed by atoms with E-state index in [1.807, 2.05) is 39.1 Å². The van der Waals surface area contributed by atoms with Crippen LogP contribution in [0.4, 0.5) is 5.69 Å². The number of ether oxygens (including phenoxy) is 1. The zero-order chi connectivity index (χ0) is 14.1. The van der Waals surface area contributed by atoms with E-state index >= 15 is 0 Å². The number of hydrogen-bond acceptors (Lipinski definition) is 4. The summed E-state index contributed by atoms with van der Waals surface area (Å²) < 4.78 is 5.07. The van der Waals surface area contributed by atoms with E-state index in [9.17, 15) is 4.79 Å². The van der Waals surface area contributed by atoms with Gasteiger partial charge in [0.25, 0.3) is 0 Å². The highest BCUT2D eigenvalue weighted by Crippen LogP contribution is 2.11. The molecule has 0 saturated carbocycles. The fourth-order valence-corrected chi connectivity index (χ4v) is 1.93. The monoisotopic (exact) mass is 264 g/mol. The van der Waals surface area contributed by atoms with Crippen molar-refractivity contribution in [1.82, 2.24) is 5.32 Å². The second kappa shape index (κ2) is 8.53. The van der Waals surface area contributed by atoms with Crippen molar-refractivity contribution >= 4 is 11.7 Å². The van der Waals surface area contributed by atoms with E-state index in [0.717, 1.165) is 25.2 Å². The van der Waals surface area contributed by atoms with Crippen LogP contribution in [0.2, 0.25) is 0 Å². The van der Waals surface area contributed by atoms with Crippen molar-refractivity contribution in [3.05, 3.63) is 30.3 Å². The lowest BCUT2D eigenvalue weighted by Gasteiger charge is -2.22. The summed E-state index contributed by atoms with van der Waals surface area (Å²) in [6.45, 7) is 5.82. The van der Waals surface area contributed by atoms with Gasteiger partial charge in [-0.2, -0.15) is 0 Å². The summed E-state index contributed by atoms with van der Waals surface area (Å²) in [6, 6.07) is 9.92. The molecule has 4 nitrogen and oxygen atoms in total. The molecule has 0 aromatic heterocycles. The Morgan fingerprint density at radius 2 is 2.00 bits per heavy atom. The van der Waals surface area contributed by atoms with Gasteiger partial charge in [0.15, 0.2) is 0 Å². The van der Waals surface area contributed by atoms with Gasteiger partial charge in [0.1, 0.15) is 6.04 Å². The van der Waals surface area contributed by atoms with Gasteiger partial charge in [-0.25, -0.2) is 0 Å². The van der Waals surface area contributed by atoms with Gasteiger partial charge in [-0.05, 0) is 32.0 Å². The lowest BCUT2D eigenvalue weighted by atomic mass is 10.2. The number of carbonyl (C=O) groups is 1. The van der Waals surface area contributed by atoms with Crippen molar-refractivity contribution in [2.75, 3.05) is 31.6 Å². The molecule has 1 N–H and O–H groups in total. The van der Waals surface area contributed by atoms with E-state index in [2.05, 4.69) is 22.3 Å². The van der Waals surface area contributed by atoms with E-state index in [1.165, 1.54) is 0 Å². The Balaban J connectivity index is 2.49. The van der Waals surface area contributed by atoms with Crippen molar-refractivity contribution in [2.24, 2.45) is 0 Å². The Hall–Kier alpha value is -1.55. The maximum absolute atomic E-state index is 11.8. The number of esters is 1. The molecule has 0 fully saturated rings. The number of hydrogen-bond donors (Lipinski definition) is 1. The summed E-state index contributed by atoms with van der Waals surface area (Å²) in [5.41, 5.74) is 1.15. The molecule has 1 atom stereocenters. The molecular weight excluding hydrogens is 240 g/mol. The van der Waals surface area contributed by atoms with E-state index in [-0.39, 0.29) is 12.0 Å². The maximum Gasteiger partial charge on any atom is 0.323 e. The minimum Gasteiger partial charge on any atom is -0.465 e. The van der Waals surface area contributed by atoms with Gasteiger partial charge >= 0.3 is 5.97 Å². The van der Waals surface area contributed by atoms with E-state index in [0.29, 0.717) is 6.61 Å². The van der Waals surface area contributed by atoms with Crippen LogP contribution in [0.1, 0.15) is 20.3 Å². The highest BCUT2D eigenvalue weighted by Gasteiger charge is 2.18. The Morgan fingerprint density at radius 1 is 1.32 bits per heavy atom. The number of anilines is 1. The van der Waals surface area contributed by atoms with Crippen LogP contribution in [0.5, 0.6) is 0 Å². The van der Waals surface area contributed by atoms with Crippen LogP contribution in [0, 0.1) is 0 Å². The molecule has 0 aliphatic carbocycles. The molecule has 1 aromatic rings. The summed E-state index contributed by atoms with van der Waals surface area (Å²) in [5.74, 6) is -0.161. The van der Waals surface area contributed by atoms with Crippen molar-refractivity contribution in [3.63, 3.8) is 0 Å². The molecule has 19 heavy (non-hydrogen) atoms. The smallest absolute Gasteiger partial charge is 0.323 e. The first-order valence-electron chi connectivity index (χ1n) is 6.85. The SMILES string of the molecule is CCNC(CCN(C)c1ccccc1)C(=O)OCC. The molecular formula is C15H24N2O2. The lowest BCUT2D eigenvalue weighted by molar-refractivity contribution is -0.145. The topological polar surface area (TPSA) is 41.6 Å². The molecule has 0 bridgehead atoms. The van der Waals surface area contributed by atoms with Crippen molar-refractivity contribution in [1.29, 1.82) is 0 Å². The predicted octanol–water partition coefficient (Wildman–Crippen LogP) is 2.05. The Morgan fingerprint density at radius 3 is 2.58 bits per heavy atom. The number of para-hydroxylation sites is 1. The van der Waals surface area contributed by atoms with Crippen LogP contribution < -0.4 is 10.2 Å². The summed E-state index contributed by atoms with van der Waals surface area (Å²) in [6.07, 6.45) is 0.734. The van der Waals surface area contributed by atoms with Gasteiger partial charge in [-0.1, -0.05) is 25.1 Å². The Bertz CT molecular complexity index is 368. The molecule has 0 radical (unpaired) electrons. The van der Waals surface area contributed by atoms with Crippen LogP contribution in [0.25, 0.3) is 0 Å². The molecule has 1 aromatic carbocycles. The van der Waals surface area contributed by atoms with Crippen LogP contribution in [0.15, 0.2) is 30.3 Å². The largest absolute Gasteiger partial charge is 0.465 e. The number of benzene rings is 1. The zero-order valence-corrected chi connectivity index (χ0v) is 12.1. The fraction of sp³-hybridized carbons (Fsp3) is 0.533. The van der Waals surface area contributed by atoms with Crippen molar-refractivity contribution in [3.8, 4) is 0 Å². The predicted molar refractivity (Wildman–Crippen MR) is 78.4 cm³/mol. The second-order valence-corrected chi connectivity index (χ2v) is 4.41. The molecule has 0 spiro atoms. The summed E-state index contributed by atoms with van der Waals surface area (Å²) >= 11 is 0. The van der Waals surface area contributed by atoms with Crippen LogP contribution in [-0.4, -0.2) is 38.8 Å². The van der Waals surface area contributed by atoms with E-state index in [4.69, 9.17) is 4.74 Å². The first kappa shape index (κ1) is 15.5. The molecule has 1 rings (SSSR count). The van der Waals surface area contributed by atoms with Crippen molar-refractivity contribution < 1.29 is 9.53 Å². The number of carbonyl (C=O) groups excluding carboxylic acids is 1. The van der Waals surface area contributed by atoms with Crippen molar-refractivity contribution in [2.45, 2.75) is 26.3 Å². The lowest BCUT2D eigenvalue weighted by Crippen LogP contribution is -2.40. The first-order chi connectivity index (χ1) is 9.19. The molecule has 0 saturated heterocycles. The summed E-state index contributed by atoms with van der Waals surface area (Å²) in [4.78, 5) is 13.9. The number of rotatable bonds is 8. The summed E-state index contributed by atoms with van der Waals surface area (Å²) in [7, 11) is 2.03. The van der Waals surface area contributed by atoms with Gasteiger partial charge in [0.2, 0.25) is 0 Å². The quantitative estimate of drug-likeness (QED) is 0.730. The minimum absolute atomic E-state index is 0.161. The molecule has 4 heteroatoms. The second-order valence-electron chi connectivity index (χ2n) is 4.41. The highest BCUT2D eigenvalue weighted by atomic mass is 16.5. The van der Waals surface area contributed by atoms with E-state index in [1.54, 1.807) is 0 Å². The average Bonchev–Trinajstić information content (AvgIpc) is 2.44. The summed E-state index contributed by atoms with van der Waals surface area (Å²) in [5, 5.41) is 3.17. The third kappa shape index (κ3) is 5.30.